The molecule has 0 bridgehead atoms. The summed E-state index contributed by atoms with van der Waals surface area (Å²) < 4.78 is 1.13. The Hall–Kier alpha value is -0.800. The van der Waals surface area contributed by atoms with E-state index < -0.39 is 0 Å². The van der Waals surface area contributed by atoms with Crippen molar-refractivity contribution in [2.45, 2.75) is 12.8 Å². The van der Waals surface area contributed by atoms with Crippen molar-refractivity contribution in [1.82, 2.24) is 5.32 Å². The predicted octanol–water partition coefficient (Wildman–Crippen LogP) is 4.10. The van der Waals surface area contributed by atoms with Crippen LogP contribution >= 0.6 is 51.2 Å². The lowest BCUT2D eigenvalue weighted by molar-refractivity contribution is 0.601. The molecule has 2 heterocycles. The molecule has 0 radical (unpaired) electrons. The fourth-order valence-corrected chi connectivity index (χ4v) is 4.04. The summed E-state index contributed by atoms with van der Waals surface area (Å²) in [6, 6.07) is 12.7. The van der Waals surface area contributed by atoms with E-state index in [4.69, 9.17) is 5.73 Å². The molecule has 0 saturated carbocycles. The number of aliphatic imine (C=N–C) groups is 1. The van der Waals surface area contributed by atoms with E-state index >= 15 is 0 Å². The van der Waals surface area contributed by atoms with Crippen LogP contribution in [0.25, 0.3) is 0 Å². The normalized spacial score (nSPS) is 17.4. The van der Waals surface area contributed by atoms with Crippen LogP contribution in [-0.2, 0) is 6.42 Å². The molecule has 0 amide bonds. The van der Waals surface area contributed by atoms with E-state index in [1.54, 1.807) is 11.3 Å². The highest BCUT2D eigenvalue weighted by molar-refractivity contribution is 14.0. The van der Waals surface area contributed by atoms with Gasteiger partial charge in [-0.3, -0.25) is 4.99 Å². The number of nitrogens with zero attached hydrogens (tertiary/aromatic N) is 2. The second-order valence-corrected chi connectivity index (χ2v) is 8.01. The second kappa shape index (κ2) is 10.4. The van der Waals surface area contributed by atoms with Gasteiger partial charge < -0.3 is 16.0 Å². The van der Waals surface area contributed by atoms with Gasteiger partial charge in [0, 0.05) is 41.2 Å². The molecule has 136 valence electrons. The van der Waals surface area contributed by atoms with Crippen LogP contribution in [0.4, 0.5) is 5.69 Å². The van der Waals surface area contributed by atoms with Crippen LogP contribution in [0.3, 0.4) is 0 Å². The van der Waals surface area contributed by atoms with Crippen molar-refractivity contribution in [2.24, 2.45) is 16.6 Å². The summed E-state index contributed by atoms with van der Waals surface area (Å²) in [6.07, 6.45) is 2.16. The standard InChI is InChI=1S/C18H23BrN4S.HI/c19-15-3-1-4-16(11-15)23-9-7-14(13-23)12-22-18(20)21-8-6-17-5-2-10-24-17;/h1-5,10-11,14H,6-9,12-13H2,(H3,20,21,22);1H. The summed E-state index contributed by atoms with van der Waals surface area (Å²) >= 11 is 5.32. The van der Waals surface area contributed by atoms with E-state index in [1.165, 1.54) is 17.0 Å². The van der Waals surface area contributed by atoms with Gasteiger partial charge in [-0.15, -0.1) is 35.3 Å². The Kier molecular flexibility index (Phi) is 8.51. The lowest BCUT2D eigenvalue weighted by atomic mass is 10.1. The molecule has 1 aliphatic rings. The summed E-state index contributed by atoms with van der Waals surface area (Å²) in [4.78, 5) is 8.31. The molecule has 1 aromatic carbocycles. The smallest absolute Gasteiger partial charge is 0.188 e. The monoisotopic (exact) mass is 534 g/mol. The summed E-state index contributed by atoms with van der Waals surface area (Å²) in [6.45, 7) is 3.76. The van der Waals surface area contributed by atoms with E-state index in [0.29, 0.717) is 11.9 Å². The highest BCUT2D eigenvalue weighted by atomic mass is 127. The lowest BCUT2D eigenvalue weighted by Crippen LogP contribution is -2.33. The fraction of sp³-hybridized carbons (Fsp3) is 0.389. The van der Waals surface area contributed by atoms with Crippen LogP contribution in [0.15, 0.2) is 51.2 Å². The third kappa shape index (κ3) is 6.45. The number of benzene rings is 1. The van der Waals surface area contributed by atoms with Gasteiger partial charge in [0.25, 0.3) is 0 Å². The third-order valence-electron chi connectivity index (χ3n) is 4.24. The molecule has 1 atom stereocenters. The number of halogens is 2. The largest absolute Gasteiger partial charge is 0.371 e. The molecule has 3 rings (SSSR count). The minimum Gasteiger partial charge on any atom is -0.371 e. The summed E-state index contributed by atoms with van der Waals surface area (Å²) in [5, 5.41) is 5.31. The first-order valence-corrected chi connectivity index (χ1v) is 9.94. The number of guanidine groups is 1. The molecular weight excluding hydrogens is 511 g/mol. The van der Waals surface area contributed by atoms with Crippen LogP contribution in [0, 0.1) is 5.92 Å². The van der Waals surface area contributed by atoms with E-state index in [9.17, 15) is 0 Å². The van der Waals surface area contributed by atoms with Crippen LogP contribution in [-0.4, -0.2) is 32.1 Å². The number of nitrogens with two attached hydrogens (primary N) is 1. The Labute approximate surface area is 179 Å². The highest BCUT2D eigenvalue weighted by Gasteiger charge is 2.22. The van der Waals surface area contributed by atoms with Crippen molar-refractivity contribution in [3.05, 3.63) is 51.1 Å². The molecule has 25 heavy (non-hydrogen) atoms. The van der Waals surface area contributed by atoms with Gasteiger partial charge in [-0.25, -0.2) is 0 Å². The summed E-state index contributed by atoms with van der Waals surface area (Å²) in [5.74, 6) is 1.13. The van der Waals surface area contributed by atoms with Gasteiger partial charge in [0.1, 0.15) is 0 Å². The van der Waals surface area contributed by atoms with Crippen LogP contribution in [0.2, 0.25) is 0 Å². The number of nitrogens with one attached hydrogen (secondary N) is 1. The van der Waals surface area contributed by atoms with Gasteiger partial charge in [-0.2, -0.15) is 0 Å². The molecule has 1 fully saturated rings. The number of anilines is 1. The average Bonchev–Trinajstić information content (AvgIpc) is 3.25. The van der Waals surface area contributed by atoms with Gasteiger partial charge in [0.05, 0.1) is 0 Å². The quantitative estimate of drug-likeness (QED) is 0.333. The molecule has 0 spiro atoms. The van der Waals surface area contributed by atoms with Crippen molar-refractivity contribution in [3.63, 3.8) is 0 Å². The zero-order valence-electron chi connectivity index (χ0n) is 14.0. The third-order valence-corrected chi connectivity index (χ3v) is 5.67. The Bertz CT molecular complexity index is 677. The maximum atomic E-state index is 5.98. The molecule has 7 heteroatoms. The highest BCUT2D eigenvalue weighted by Crippen LogP contribution is 2.26. The maximum absolute atomic E-state index is 5.98. The van der Waals surface area contributed by atoms with Crippen molar-refractivity contribution in [1.29, 1.82) is 0 Å². The second-order valence-electron chi connectivity index (χ2n) is 6.06. The van der Waals surface area contributed by atoms with Crippen LogP contribution in [0.5, 0.6) is 0 Å². The molecule has 4 nitrogen and oxygen atoms in total. The van der Waals surface area contributed by atoms with Crippen LogP contribution < -0.4 is 16.0 Å². The SMILES string of the molecule is I.NC(=NCC1CCN(c2cccc(Br)c2)C1)NCCc1cccs1. The Morgan fingerprint density at radius 2 is 2.24 bits per heavy atom. The fourth-order valence-electron chi connectivity index (χ4n) is 2.94. The molecule has 0 aliphatic carbocycles. The average molecular weight is 535 g/mol. The first-order valence-electron chi connectivity index (χ1n) is 8.27. The Morgan fingerprint density at radius 3 is 3.00 bits per heavy atom. The molecule has 1 saturated heterocycles. The molecule has 1 aromatic heterocycles. The van der Waals surface area contributed by atoms with Crippen molar-refractivity contribution >= 4 is 62.9 Å². The molecule has 3 N–H and O–H groups in total. The molecular formula is C18H24BrIN4S. The van der Waals surface area contributed by atoms with Gasteiger partial charge >= 0.3 is 0 Å². The van der Waals surface area contributed by atoms with E-state index in [1.807, 2.05) is 0 Å². The molecule has 1 aliphatic heterocycles. The van der Waals surface area contributed by atoms with Gasteiger partial charge in [-0.1, -0.05) is 28.1 Å². The first kappa shape index (κ1) is 20.5. The number of hydrogen-bond acceptors (Lipinski definition) is 3. The zero-order valence-corrected chi connectivity index (χ0v) is 18.8. The minimum atomic E-state index is 0. The zero-order chi connectivity index (χ0) is 16.8. The lowest BCUT2D eigenvalue weighted by Gasteiger charge is -2.18. The van der Waals surface area contributed by atoms with Crippen molar-refractivity contribution in [3.8, 4) is 0 Å². The van der Waals surface area contributed by atoms with Crippen molar-refractivity contribution in [2.75, 3.05) is 31.1 Å². The maximum Gasteiger partial charge on any atom is 0.188 e. The van der Waals surface area contributed by atoms with E-state index in [-0.39, 0.29) is 24.0 Å². The topological polar surface area (TPSA) is 53.6 Å². The predicted molar refractivity (Wildman–Crippen MR) is 122 cm³/mol. The van der Waals surface area contributed by atoms with Gasteiger partial charge in [0.2, 0.25) is 0 Å². The Balaban J connectivity index is 0.00000225. The van der Waals surface area contributed by atoms with Gasteiger partial charge in [-0.05, 0) is 48.4 Å². The first-order chi connectivity index (χ1) is 11.7. The summed E-state index contributed by atoms with van der Waals surface area (Å²) in [5.41, 5.74) is 7.26. The molecule has 1 unspecified atom stereocenters. The van der Waals surface area contributed by atoms with Gasteiger partial charge in [0.15, 0.2) is 5.96 Å². The van der Waals surface area contributed by atoms with E-state index in [0.717, 1.165) is 37.1 Å². The number of thiophene rings is 1. The van der Waals surface area contributed by atoms with E-state index in [2.05, 4.69) is 72.9 Å². The Morgan fingerprint density at radius 1 is 1.36 bits per heavy atom. The molecule has 2 aromatic rings. The number of rotatable bonds is 6. The minimum absolute atomic E-state index is 0. The van der Waals surface area contributed by atoms with Crippen LogP contribution in [0.1, 0.15) is 11.3 Å². The van der Waals surface area contributed by atoms with Crippen molar-refractivity contribution < 1.29 is 0 Å². The summed E-state index contributed by atoms with van der Waals surface area (Å²) in [7, 11) is 0. The number of hydrogen-bond donors (Lipinski definition) is 2.